The molecular formula is C17H19ClN2O4S. The number of carboxylic acid groups (broad SMARTS) is 1. The number of carbonyl (C=O) groups is 1. The molecule has 0 radical (unpaired) electrons. The van der Waals surface area contributed by atoms with E-state index in [1.54, 1.807) is 45.0 Å². The zero-order valence-electron chi connectivity index (χ0n) is 14.3. The lowest BCUT2D eigenvalue weighted by Crippen LogP contribution is -2.19. The van der Waals surface area contributed by atoms with E-state index in [4.69, 9.17) is 11.6 Å². The van der Waals surface area contributed by atoms with E-state index in [0.717, 1.165) is 6.07 Å². The summed E-state index contributed by atoms with van der Waals surface area (Å²) in [6.45, 7) is 3.31. The number of aryl methyl sites for hydroxylation is 1. The van der Waals surface area contributed by atoms with Crippen LogP contribution in [0.15, 0.2) is 35.2 Å². The number of rotatable bonds is 5. The van der Waals surface area contributed by atoms with E-state index in [1.165, 1.54) is 12.1 Å². The molecule has 0 heterocycles. The van der Waals surface area contributed by atoms with Crippen molar-refractivity contribution in [3.05, 3.63) is 52.0 Å². The minimum Gasteiger partial charge on any atom is -0.478 e. The maximum Gasteiger partial charge on any atom is 0.335 e. The van der Waals surface area contributed by atoms with Gasteiger partial charge in [0.25, 0.3) is 10.0 Å². The molecule has 0 bridgehead atoms. The molecule has 25 heavy (non-hydrogen) atoms. The predicted molar refractivity (Wildman–Crippen MR) is 99.5 cm³/mol. The van der Waals surface area contributed by atoms with Crippen LogP contribution < -0.4 is 9.62 Å². The third-order valence-corrected chi connectivity index (χ3v) is 5.57. The molecule has 2 N–H and O–H groups in total. The molecule has 0 unspecified atom stereocenters. The molecule has 0 aliphatic rings. The average molecular weight is 383 g/mol. The van der Waals surface area contributed by atoms with E-state index < -0.39 is 16.0 Å². The second-order valence-corrected chi connectivity index (χ2v) is 7.97. The van der Waals surface area contributed by atoms with Gasteiger partial charge >= 0.3 is 5.97 Å². The molecule has 0 aliphatic heterocycles. The number of nitrogens with one attached hydrogen (secondary N) is 1. The van der Waals surface area contributed by atoms with Crippen LogP contribution in [0.2, 0.25) is 5.02 Å². The second kappa shape index (κ2) is 6.93. The van der Waals surface area contributed by atoms with Gasteiger partial charge in [-0.05, 0) is 55.3 Å². The zero-order valence-corrected chi connectivity index (χ0v) is 15.9. The summed E-state index contributed by atoms with van der Waals surface area (Å²) in [4.78, 5) is 12.9. The Balaban J connectivity index is 2.58. The first-order chi connectivity index (χ1) is 11.5. The van der Waals surface area contributed by atoms with E-state index in [1.807, 2.05) is 0 Å². The Labute approximate surface area is 152 Å². The van der Waals surface area contributed by atoms with Crippen LogP contribution in [0.3, 0.4) is 0 Å². The van der Waals surface area contributed by atoms with E-state index in [0.29, 0.717) is 27.5 Å². The Morgan fingerprint density at radius 3 is 2.36 bits per heavy atom. The predicted octanol–water partition coefficient (Wildman–Crippen LogP) is 3.52. The van der Waals surface area contributed by atoms with Crippen molar-refractivity contribution in [1.29, 1.82) is 0 Å². The number of anilines is 2. The van der Waals surface area contributed by atoms with Crippen molar-refractivity contribution in [3.8, 4) is 0 Å². The molecule has 0 saturated heterocycles. The molecule has 2 rings (SSSR count). The van der Waals surface area contributed by atoms with Crippen molar-refractivity contribution in [2.45, 2.75) is 18.7 Å². The number of nitrogens with zero attached hydrogens (tertiary/aromatic N) is 1. The zero-order chi connectivity index (χ0) is 18.9. The number of carboxylic acids is 1. The number of sulfonamides is 1. The van der Waals surface area contributed by atoms with Crippen molar-refractivity contribution >= 4 is 39.0 Å². The quantitative estimate of drug-likeness (QED) is 0.826. The van der Waals surface area contributed by atoms with Crippen LogP contribution in [0.4, 0.5) is 11.4 Å². The molecule has 0 aliphatic carbocycles. The third-order valence-electron chi connectivity index (χ3n) is 3.84. The molecule has 2 aromatic carbocycles. The fourth-order valence-corrected chi connectivity index (χ4v) is 3.99. The summed E-state index contributed by atoms with van der Waals surface area (Å²) in [6, 6.07) is 7.48. The van der Waals surface area contributed by atoms with Crippen molar-refractivity contribution in [3.63, 3.8) is 0 Å². The Hall–Kier alpha value is -2.25. The molecule has 0 atom stereocenters. The summed E-state index contributed by atoms with van der Waals surface area (Å²) in [5, 5.41) is 9.58. The number of hydrogen-bond acceptors (Lipinski definition) is 4. The third kappa shape index (κ3) is 4.05. The van der Waals surface area contributed by atoms with Crippen LogP contribution >= 0.6 is 11.6 Å². The standard InChI is InChI=1S/C17H19ClN2O4S/c1-10-7-12(17(21)22)8-16(11(10)2)25(23,24)19-14-9-13(18)5-6-15(14)20(3)4/h5-9,19H,1-4H3,(H,21,22). The molecule has 0 spiro atoms. The molecular weight excluding hydrogens is 364 g/mol. The van der Waals surface area contributed by atoms with Crippen LogP contribution in [-0.2, 0) is 10.0 Å². The van der Waals surface area contributed by atoms with E-state index in [9.17, 15) is 18.3 Å². The average Bonchev–Trinajstić information content (AvgIpc) is 2.48. The van der Waals surface area contributed by atoms with Gasteiger partial charge in [0.2, 0.25) is 0 Å². The lowest BCUT2D eigenvalue weighted by Gasteiger charge is -2.20. The SMILES string of the molecule is Cc1cc(C(=O)O)cc(S(=O)(=O)Nc2cc(Cl)ccc2N(C)C)c1C. The first-order valence-electron chi connectivity index (χ1n) is 7.37. The minimum absolute atomic E-state index is 0.0745. The highest BCUT2D eigenvalue weighted by Gasteiger charge is 2.22. The van der Waals surface area contributed by atoms with Crippen LogP contribution in [0.1, 0.15) is 21.5 Å². The number of hydrogen-bond donors (Lipinski definition) is 2. The Bertz CT molecular complexity index is 940. The molecule has 134 valence electrons. The normalized spacial score (nSPS) is 11.2. The summed E-state index contributed by atoms with van der Waals surface area (Å²) >= 11 is 5.99. The van der Waals surface area contributed by atoms with Crippen LogP contribution in [0.25, 0.3) is 0 Å². The largest absolute Gasteiger partial charge is 0.478 e. The number of benzene rings is 2. The van der Waals surface area contributed by atoms with E-state index >= 15 is 0 Å². The smallest absolute Gasteiger partial charge is 0.335 e. The lowest BCUT2D eigenvalue weighted by atomic mass is 10.1. The van der Waals surface area contributed by atoms with Gasteiger partial charge < -0.3 is 10.0 Å². The lowest BCUT2D eigenvalue weighted by molar-refractivity contribution is 0.0696. The fourth-order valence-electron chi connectivity index (χ4n) is 2.41. The van der Waals surface area contributed by atoms with Crippen molar-refractivity contribution in [2.75, 3.05) is 23.7 Å². The molecule has 0 fully saturated rings. The first kappa shape index (κ1) is 19.1. The number of aromatic carboxylic acids is 1. The van der Waals surface area contributed by atoms with Gasteiger partial charge in [0.05, 0.1) is 21.8 Å². The summed E-state index contributed by atoms with van der Waals surface area (Å²) in [6.07, 6.45) is 0. The van der Waals surface area contributed by atoms with Gasteiger partial charge in [0, 0.05) is 19.1 Å². The Morgan fingerprint density at radius 2 is 1.80 bits per heavy atom. The van der Waals surface area contributed by atoms with Crippen LogP contribution in [-0.4, -0.2) is 33.6 Å². The van der Waals surface area contributed by atoms with Gasteiger partial charge in [-0.25, -0.2) is 13.2 Å². The summed E-state index contributed by atoms with van der Waals surface area (Å²) in [7, 11) is -0.435. The fraction of sp³-hybridized carbons (Fsp3) is 0.235. The highest BCUT2D eigenvalue weighted by atomic mass is 35.5. The summed E-state index contributed by atoms with van der Waals surface area (Å²) < 4.78 is 28.3. The molecule has 0 amide bonds. The van der Waals surface area contributed by atoms with E-state index in [2.05, 4.69) is 4.72 Å². The van der Waals surface area contributed by atoms with Gasteiger partial charge in [0.1, 0.15) is 0 Å². The van der Waals surface area contributed by atoms with Crippen molar-refractivity contribution < 1.29 is 18.3 Å². The maximum atomic E-state index is 12.9. The summed E-state index contributed by atoms with van der Waals surface area (Å²) in [5.41, 5.74) is 1.94. The van der Waals surface area contributed by atoms with Gasteiger partial charge in [-0.3, -0.25) is 4.72 Å². The van der Waals surface area contributed by atoms with Gasteiger partial charge in [-0.1, -0.05) is 11.6 Å². The van der Waals surface area contributed by atoms with Crippen molar-refractivity contribution in [1.82, 2.24) is 0 Å². The molecule has 8 heteroatoms. The van der Waals surface area contributed by atoms with Gasteiger partial charge in [-0.2, -0.15) is 0 Å². The molecule has 0 saturated carbocycles. The van der Waals surface area contributed by atoms with Crippen LogP contribution in [0.5, 0.6) is 0 Å². The first-order valence-corrected chi connectivity index (χ1v) is 9.23. The van der Waals surface area contributed by atoms with Gasteiger partial charge in [-0.15, -0.1) is 0 Å². The summed E-state index contributed by atoms with van der Waals surface area (Å²) in [5.74, 6) is -1.18. The molecule has 6 nitrogen and oxygen atoms in total. The van der Waals surface area contributed by atoms with Crippen LogP contribution in [0, 0.1) is 13.8 Å². The minimum atomic E-state index is -3.99. The second-order valence-electron chi connectivity index (χ2n) is 5.88. The topological polar surface area (TPSA) is 86.7 Å². The molecule has 0 aromatic heterocycles. The monoisotopic (exact) mass is 382 g/mol. The van der Waals surface area contributed by atoms with E-state index in [-0.39, 0.29) is 10.5 Å². The van der Waals surface area contributed by atoms with Crippen molar-refractivity contribution in [2.24, 2.45) is 0 Å². The highest BCUT2D eigenvalue weighted by Crippen LogP contribution is 2.31. The highest BCUT2D eigenvalue weighted by molar-refractivity contribution is 7.92. The van der Waals surface area contributed by atoms with Gasteiger partial charge in [0.15, 0.2) is 0 Å². The maximum absolute atomic E-state index is 12.9. The number of halogens is 1. The Kier molecular flexibility index (Phi) is 5.29. The Morgan fingerprint density at radius 1 is 1.16 bits per heavy atom. The molecule has 2 aromatic rings.